The third-order valence-corrected chi connectivity index (χ3v) is 5.62. The van der Waals surface area contributed by atoms with Crippen LogP contribution in [0.15, 0.2) is 35.4 Å². The van der Waals surface area contributed by atoms with Gasteiger partial charge in [0.05, 0.1) is 24.3 Å². The maximum atomic E-state index is 13.1. The molecule has 0 heterocycles. The Morgan fingerprint density at radius 1 is 0.759 bits per heavy atom. The van der Waals surface area contributed by atoms with E-state index in [-0.39, 0.29) is 5.78 Å². The Kier molecular flexibility index (Phi) is 7.18. The summed E-state index contributed by atoms with van der Waals surface area (Å²) >= 11 is 24.7. The van der Waals surface area contributed by atoms with Gasteiger partial charge in [-0.25, -0.2) is 0 Å². The Morgan fingerprint density at radius 2 is 1.17 bits per heavy atom. The summed E-state index contributed by atoms with van der Waals surface area (Å²) in [7, 11) is 3.06. The van der Waals surface area contributed by atoms with Crippen LogP contribution in [0.4, 0.5) is 0 Å². The summed E-state index contributed by atoms with van der Waals surface area (Å²) in [5, 5.41) is 1.73. The quantitative estimate of drug-likeness (QED) is 0.432. The van der Waals surface area contributed by atoms with Crippen molar-refractivity contribution in [3.63, 3.8) is 0 Å². The zero-order chi connectivity index (χ0) is 21.1. The Morgan fingerprint density at radius 3 is 1.55 bits per heavy atom. The van der Waals surface area contributed by atoms with Crippen molar-refractivity contribution in [2.75, 3.05) is 14.2 Å². The van der Waals surface area contributed by atoms with E-state index in [0.717, 1.165) is 6.42 Å². The number of ether oxygens (including phenoxy) is 2. The van der Waals surface area contributed by atoms with Crippen molar-refractivity contribution in [3.05, 3.63) is 66.6 Å². The summed E-state index contributed by atoms with van der Waals surface area (Å²) in [5.74, 6) is 0.916. The van der Waals surface area contributed by atoms with Gasteiger partial charge in [-0.3, -0.25) is 4.79 Å². The molecule has 1 aliphatic carbocycles. The number of carbonyl (C=O) groups is 1. The van der Waals surface area contributed by atoms with Gasteiger partial charge < -0.3 is 9.47 Å². The molecule has 1 aliphatic rings. The number of ketones is 1. The van der Waals surface area contributed by atoms with Gasteiger partial charge >= 0.3 is 0 Å². The third kappa shape index (κ3) is 4.92. The molecule has 2 aromatic rings. The summed E-state index contributed by atoms with van der Waals surface area (Å²) < 4.78 is 10.8. The first-order valence-corrected chi connectivity index (χ1v) is 10.4. The van der Waals surface area contributed by atoms with Crippen molar-refractivity contribution in [3.8, 4) is 11.5 Å². The van der Waals surface area contributed by atoms with Crippen LogP contribution >= 0.6 is 46.4 Å². The molecule has 0 atom stereocenters. The molecular formula is C22H18Cl4O3. The molecule has 0 unspecified atom stereocenters. The molecule has 3 nitrogen and oxygen atoms in total. The Hall–Kier alpha value is -1.65. The summed E-state index contributed by atoms with van der Waals surface area (Å²) in [6.07, 6.45) is 5.70. The number of Topliss-reactive ketones (excluding diaryl/α,β-unsaturated/α-hetero) is 1. The number of allylic oxidation sites excluding steroid dienone is 2. The zero-order valence-electron chi connectivity index (χ0n) is 15.8. The van der Waals surface area contributed by atoms with Crippen LogP contribution in [-0.4, -0.2) is 20.0 Å². The fourth-order valence-corrected chi connectivity index (χ4v) is 4.53. The molecule has 0 aromatic heterocycles. The fourth-order valence-electron chi connectivity index (χ4n) is 3.36. The molecule has 152 valence electrons. The van der Waals surface area contributed by atoms with Crippen LogP contribution in [0.3, 0.4) is 0 Å². The highest BCUT2D eigenvalue weighted by Gasteiger charge is 2.22. The first-order chi connectivity index (χ1) is 13.8. The van der Waals surface area contributed by atoms with Crippen LogP contribution in [0.1, 0.15) is 30.4 Å². The maximum Gasteiger partial charge on any atom is 0.185 e. The molecule has 1 saturated carbocycles. The van der Waals surface area contributed by atoms with E-state index in [4.69, 9.17) is 55.9 Å². The van der Waals surface area contributed by atoms with Gasteiger partial charge in [0.25, 0.3) is 0 Å². The van der Waals surface area contributed by atoms with Gasteiger partial charge in [0.2, 0.25) is 0 Å². The van der Waals surface area contributed by atoms with Gasteiger partial charge in [0, 0.05) is 32.3 Å². The Balaban J connectivity index is 2.03. The highest BCUT2D eigenvalue weighted by atomic mass is 35.5. The van der Waals surface area contributed by atoms with E-state index in [1.165, 1.54) is 14.2 Å². The lowest BCUT2D eigenvalue weighted by Crippen LogP contribution is -2.12. The molecule has 0 spiro atoms. The van der Waals surface area contributed by atoms with Crippen molar-refractivity contribution >= 4 is 64.3 Å². The van der Waals surface area contributed by atoms with E-state index in [0.29, 0.717) is 66.7 Å². The molecular weight excluding hydrogens is 454 g/mol. The lowest BCUT2D eigenvalue weighted by molar-refractivity contribution is -0.112. The van der Waals surface area contributed by atoms with Crippen molar-refractivity contribution in [2.45, 2.75) is 19.3 Å². The molecule has 7 heteroatoms. The molecule has 2 aromatic carbocycles. The average molecular weight is 472 g/mol. The smallest absolute Gasteiger partial charge is 0.185 e. The molecule has 0 saturated heterocycles. The van der Waals surface area contributed by atoms with Gasteiger partial charge in [-0.2, -0.15) is 0 Å². The largest absolute Gasteiger partial charge is 0.495 e. The number of hydrogen-bond acceptors (Lipinski definition) is 3. The topological polar surface area (TPSA) is 35.5 Å². The first-order valence-electron chi connectivity index (χ1n) is 8.86. The van der Waals surface area contributed by atoms with Crippen molar-refractivity contribution in [1.82, 2.24) is 0 Å². The number of carbonyl (C=O) groups excluding carboxylic acids is 1. The SMILES string of the molecule is COc1c(Cl)cc(Cl)cc1C=C1CCCC(=Cc2cc(Cl)cc(Cl)c2OC)C1=O. The predicted molar refractivity (Wildman–Crippen MR) is 121 cm³/mol. The second-order valence-corrected chi connectivity index (χ2v) is 8.23. The average Bonchev–Trinajstić information content (AvgIpc) is 2.64. The lowest BCUT2D eigenvalue weighted by Gasteiger charge is -2.18. The normalized spacial score (nSPS) is 17.1. The third-order valence-electron chi connectivity index (χ3n) is 4.62. The number of halogens is 4. The standard InChI is InChI=1S/C22H18Cl4O3/c1-28-21-14(8-16(23)10-18(21)25)6-12-4-3-5-13(20(12)27)7-15-9-17(24)11-19(26)22(15)29-2/h6-11H,3-5H2,1-2H3. The summed E-state index contributed by atoms with van der Waals surface area (Å²) in [5.41, 5.74) is 2.65. The molecule has 1 fully saturated rings. The molecule has 29 heavy (non-hydrogen) atoms. The predicted octanol–water partition coefficient (Wildman–Crippen LogP) is 7.54. The zero-order valence-corrected chi connectivity index (χ0v) is 18.8. The van der Waals surface area contributed by atoms with Crippen LogP contribution in [0.25, 0.3) is 12.2 Å². The van der Waals surface area contributed by atoms with Crippen molar-refractivity contribution < 1.29 is 14.3 Å². The summed E-state index contributed by atoms with van der Waals surface area (Å²) in [6, 6.07) is 6.66. The first kappa shape index (κ1) is 22.0. The van der Waals surface area contributed by atoms with Gasteiger partial charge in [0.1, 0.15) is 11.5 Å². The number of methoxy groups -OCH3 is 2. The van der Waals surface area contributed by atoms with Gasteiger partial charge in [-0.1, -0.05) is 46.4 Å². The molecule has 3 rings (SSSR count). The van der Waals surface area contributed by atoms with Crippen LogP contribution < -0.4 is 9.47 Å². The second-order valence-electron chi connectivity index (χ2n) is 6.54. The minimum absolute atomic E-state index is 0.0486. The van der Waals surface area contributed by atoms with E-state index >= 15 is 0 Å². The minimum Gasteiger partial charge on any atom is -0.495 e. The molecule has 0 N–H and O–H groups in total. The van der Waals surface area contributed by atoms with E-state index in [2.05, 4.69) is 0 Å². The molecule has 0 aliphatic heterocycles. The highest BCUT2D eigenvalue weighted by molar-refractivity contribution is 6.36. The van der Waals surface area contributed by atoms with E-state index in [1.54, 1.807) is 36.4 Å². The van der Waals surface area contributed by atoms with Gasteiger partial charge in [0.15, 0.2) is 5.78 Å². The number of rotatable bonds is 4. The maximum absolute atomic E-state index is 13.1. The van der Waals surface area contributed by atoms with Crippen molar-refractivity contribution in [1.29, 1.82) is 0 Å². The van der Waals surface area contributed by atoms with Crippen LogP contribution in [0.2, 0.25) is 20.1 Å². The number of hydrogen-bond donors (Lipinski definition) is 0. The summed E-state index contributed by atoms with van der Waals surface area (Å²) in [4.78, 5) is 13.1. The van der Waals surface area contributed by atoms with E-state index < -0.39 is 0 Å². The van der Waals surface area contributed by atoms with Gasteiger partial charge in [-0.05, 0) is 55.7 Å². The number of benzene rings is 2. The lowest BCUT2D eigenvalue weighted by atomic mass is 9.86. The highest BCUT2D eigenvalue weighted by Crippen LogP contribution is 2.38. The fraction of sp³-hybridized carbons (Fsp3) is 0.227. The van der Waals surface area contributed by atoms with Gasteiger partial charge in [-0.15, -0.1) is 0 Å². The summed E-state index contributed by atoms with van der Waals surface area (Å²) in [6.45, 7) is 0. The Bertz CT molecular complexity index is 946. The van der Waals surface area contributed by atoms with E-state index in [9.17, 15) is 4.79 Å². The monoisotopic (exact) mass is 470 g/mol. The Labute approximate surface area is 189 Å². The molecule has 0 radical (unpaired) electrons. The van der Waals surface area contributed by atoms with Crippen LogP contribution in [0.5, 0.6) is 11.5 Å². The van der Waals surface area contributed by atoms with Crippen LogP contribution in [-0.2, 0) is 4.79 Å². The van der Waals surface area contributed by atoms with Crippen molar-refractivity contribution in [2.24, 2.45) is 0 Å². The molecule has 0 bridgehead atoms. The molecule has 0 amide bonds. The second kappa shape index (κ2) is 9.44. The minimum atomic E-state index is -0.0486. The van der Waals surface area contributed by atoms with E-state index in [1.807, 2.05) is 0 Å². The van der Waals surface area contributed by atoms with Crippen LogP contribution in [0, 0.1) is 0 Å².